The Morgan fingerprint density at radius 3 is 1.00 bits per heavy atom. The molecule has 0 aliphatic heterocycles. The van der Waals surface area contributed by atoms with E-state index in [1.165, 1.54) is 276 Å². The maximum Gasteiger partial charge on any atom is 0.306 e. The summed E-state index contributed by atoms with van der Waals surface area (Å²) in [5, 5.41) is 24.0. The van der Waals surface area contributed by atoms with Gasteiger partial charge in [0, 0.05) is 6.42 Å². The van der Waals surface area contributed by atoms with E-state index in [0.717, 1.165) is 44.9 Å². The number of hydrogen-bond donors (Lipinski definition) is 3. The van der Waals surface area contributed by atoms with Crippen molar-refractivity contribution in [2.45, 2.75) is 386 Å². The molecule has 0 aliphatic rings. The molecule has 71 heavy (non-hydrogen) atoms. The zero-order valence-electron chi connectivity index (χ0n) is 48.4. The first kappa shape index (κ1) is 69.6. The third-order valence-corrected chi connectivity index (χ3v) is 15.3. The van der Waals surface area contributed by atoms with Crippen molar-refractivity contribution in [2.24, 2.45) is 0 Å². The van der Waals surface area contributed by atoms with Crippen LogP contribution in [0.25, 0.3) is 0 Å². The largest absolute Gasteiger partial charge is 0.462 e. The van der Waals surface area contributed by atoms with Crippen molar-refractivity contribution in [3.8, 4) is 0 Å². The summed E-state index contributed by atoms with van der Waals surface area (Å²) < 4.78 is 6.00. The third-order valence-electron chi connectivity index (χ3n) is 15.3. The molecule has 0 saturated carbocycles. The molecular weight excluding hydrogens is 875 g/mol. The highest BCUT2D eigenvalue weighted by atomic mass is 16.5. The first-order valence-electron chi connectivity index (χ1n) is 32.4. The van der Waals surface area contributed by atoms with Crippen LogP contribution in [0, 0.1) is 0 Å². The minimum absolute atomic E-state index is 0.0857. The summed E-state index contributed by atoms with van der Waals surface area (Å²) in [7, 11) is 0. The molecule has 0 spiro atoms. The van der Waals surface area contributed by atoms with Gasteiger partial charge in [0.2, 0.25) is 5.91 Å². The van der Waals surface area contributed by atoms with Gasteiger partial charge >= 0.3 is 5.97 Å². The summed E-state index contributed by atoms with van der Waals surface area (Å²) in [6.07, 6.45) is 70.0. The minimum atomic E-state index is -0.784. The molecule has 3 N–H and O–H groups in total. The second-order valence-corrected chi connectivity index (χ2v) is 22.5. The van der Waals surface area contributed by atoms with Crippen LogP contribution in [0.3, 0.4) is 0 Å². The minimum Gasteiger partial charge on any atom is -0.462 e. The molecule has 0 fully saturated rings. The number of hydrogen-bond acceptors (Lipinski definition) is 5. The molecule has 3 atom stereocenters. The monoisotopic (exact) mass is 1000 g/mol. The van der Waals surface area contributed by atoms with Crippen molar-refractivity contribution in [1.82, 2.24) is 5.32 Å². The van der Waals surface area contributed by atoms with Gasteiger partial charge in [0.1, 0.15) is 6.10 Å². The van der Waals surface area contributed by atoms with Crippen LogP contribution < -0.4 is 5.32 Å². The molecule has 1 amide bonds. The Kier molecular flexibility index (Phi) is 58.3. The molecule has 0 aliphatic carbocycles. The van der Waals surface area contributed by atoms with Crippen molar-refractivity contribution in [3.05, 3.63) is 12.2 Å². The van der Waals surface area contributed by atoms with Gasteiger partial charge in [-0.15, -0.1) is 0 Å². The second kappa shape index (κ2) is 59.5. The van der Waals surface area contributed by atoms with Crippen LogP contribution in [0.5, 0.6) is 0 Å². The fraction of sp³-hybridized carbons (Fsp3) is 0.938. The van der Waals surface area contributed by atoms with Crippen LogP contribution in [-0.2, 0) is 14.3 Å². The molecule has 0 aromatic heterocycles. The van der Waals surface area contributed by atoms with Crippen molar-refractivity contribution in [1.29, 1.82) is 0 Å². The first-order valence-corrected chi connectivity index (χ1v) is 32.4. The predicted octanol–water partition coefficient (Wildman–Crippen LogP) is 20.4. The Hall–Kier alpha value is -1.40. The molecule has 0 saturated heterocycles. The number of esters is 1. The smallest absolute Gasteiger partial charge is 0.306 e. The highest BCUT2D eigenvalue weighted by Crippen LogP contribution is 2.20. The number of carbonyl (C=O) groups excluding carboxylic acids is 2. The molecule has 3 unspecified atom stereocenters. The van der Waals surface area contributed by atoms with E-state index in [9.17, 15) is 19.8 Å². The van der Waals surface area contributed by atoms with E-state index in [1.54, 1.807) is 0 Å². The average molecular weight is 1000 g/mol. The first-order chi connectivity index (χ1) is 35.0. The summed E-state index contributed by atoms with van der Waals surface area (Å²) in [5.74, 6) is -0.446. The van der Waals surface area contributed by atoms with Gasteiger partial charge in [-0.05, 0) is 51.4 Å². The van der Waals surface area contributed by atoms with Gasteiger partial charge in [0.25, 0.3) is 0 Å². The molecule has 6 heteroatoms. The van der Waals surface area contributed by atoms with Gasteiger partial charge in [-0.1, -0.05) is 315 Å². The van der Waals surface area contributed by atoms with Crippen LogP contribution in [0.2, 0.25) is 0 Å². The van der Waals surface area contributed by atoms with Gasteiger partial charge in [-0.3, -0.25) is 9.59 Å². The predicted molar refractivity (Wildman–Crippen MR) is 310 cm³/mol. The van der Waals surface area contributed by atoms with Gasteiger partial charge in [-0.2, -0.15) is 0 Å². The number of nitrogens with one attached hydrogen (secondary N) is 1. The van der Waals surface area contributed by atoms with Crippen LogP contribution in [0.15, 0.2) is 12.2 Å². The molecule has 6 nitrogen and oxygen atoms in total. The van der Waals surface area contributed by atoms with E-state index in [2.05, 4.69) is 38.2 Å². The molecule has 0 rings (SSSR count). The molecule has 0 aromatic rings. The molecule has 0 heterocycles. The molecule has 0 bridgehead atoms. The highest BCUT2D eigenvalue weighted by molar-refractivity contribution is 5.77. The summed E-state index contributed by atoms with van der Waals surface area (Å²) in [5.41, 5.74) is 0. The standard InChI is InChI=1S/C65H127NO5/c1-4-7-10-13-16-19-22-25-28-31-32-34-37-40-43-46-49-52-55-58-65(70)71-61(56-53-50-47-44-41-38-35-33-29-26-23-20-17-14-11-8-5-2)59-64(69)66-62(60-67)63(68)57-54-51-48-45-42-39-36-30-27-24-21-18-15-12-9-6-3/h25,28,61-63,67-68H,4-24,26-27,29-60H2,1-3H3,(H,66,69)/b28-25+. The van der Waals surface area contributed by atoms with E-state index in [-0.39, 0.29) is 24.9 Å². The SMILES string of the molecule is CCCCCCCC/C=C/CCCCCCCCCCCC(=O)OC(CCCCCCCCCCCCCCCCCCC)CC(=O)NC(CO)C(O)CCCCCCCCCCCCCCCCCC. The second-order valence-electron chi connectivity index (χ2n) is 22.5. The summed E-state index contributed by atoms with van der Waals surface area (Å²) >= 11 is 0. The quantitative estimate of drug-likeness (QED) is 0.0320. The normalized spacial score (nSPS) is 13.0. The van der Waals surface area contributed by atoms with E-state index in [1.807, 2.05) is 0 Å². The van der Waals surface area contributed by atoms with Gasteiger partial charge in [0.15, 0.2) is 0 Å². The van der Waals surface area contributed by atoms with Gasteiger partial charge in [-0.25, -0.2) is 0 Å². The lowest BCUT2D eigenvalue weighted by atomic mass is 10.0. The molecule has 0 radical (unpaired) electrons. The van der Waals surface area contributed by atoms with Crippen molar-refractivity contribution in [2.75, 3.05) is 6.61 Å². The topological polar surface area (TPSA) is 95.9 Å². The Labute approximate surface area is 444 Å². The van der Waals surface area contributed by atoms with E-state index >= 15 is 0 Å². The zero-order valence-corrected chi connectivity index (χ0v) is 48.4. The van der Waals surface area contributed by atoms with E-state index in [4.69, 9.17) is 4.74 Å². The third kappa shape index (κ3) is 54.7. The van der Waals surface area contributed by atoms with Crippen molar-refractivity contribution < 1.29 is 24.5 Å². The Morgan fingerprint density at radius 2 is 0.676 bits per heavy atom. The average Bonchev–Trinajstić information content (AvgIpc) is 3.36. The number of ether oxygens (including phenoxy) is 1. The van der Waals surface area contributed by atoms with Crippen LogP contribution in [0.1, 0.15) is 367 Å². The summed E-state index contributed by atoms with van der Waals surface area (Å²) in [6, 6.07) is -0.697. The number of allylic oxidation sites excluding steroid dienone is 2. The summed E-state index contributed by atoms with van der Waals surface area (Å²) in [4.78, 5) is 26.4. The highest BCUT2D eigenvalue weighted by Gasteiger charge is 2.24. The fourth-order valence-corrected chi connectivity index (χ4v) is 10.4. The number of aliphatic hydroxyl groups is 2. The number of aliphatic hydroxyl groups excluding tert-OH is 2. The Balaban J connectivity index is 4.48. The fourth-order valence-electron chi connectivity index (χ4n) is 10.4. The number of amides is 1. The molecule has 0 aromatic carbocycles. The Bertz CT molecular complexity index is 1080. The maximum atomic E-state index is 13.3. The lowest BCUT2D eigenvalue weighted by Crippen LogP contribution is -2.46. The molecular formula is C65H127NO5. The van der Waals surface area contributed by atoms with Gasteiger partial charge < -0.3 is 20.3 Å². The number of carbonyl (C=O) groups is 2. The summed E-state index contributed by atoms with van der Waals surface area (Å²) in [6.45, 7) is 6.55. The lowest BCUT2D eigenvalue weighted by molar-refractivity contribution is -0.151. The van der Waals surface area contributed by atoms with Crippen LogP contribution in [-0.4, -0.2) is 46.9 Å². The van der Waals surface area contributed by atoms with E-state index in [0.29, 0.717) is 19.3 Å². The van der Waals surface area contributed by atoms with Crippen LogP contribution >= 0.6 is 0 Å². The van der Waals surface area contributed by atoms with Crippen LogP contribution in [0.4, 0.5) is 0 Å². The van der Waals surface area contributed by atoms with Crippen molar-refractivity contribution >= 4 is 11.9 Å². The molecule has 422 valence electrons. The zero-order chi connectivity index (χ0) is 51.6. The number of rotatable bonds is 60. The maximum absolute atomic E-state index is 13.3. The lowest BCUT2D eigenvalue weighted by Gasteiger charge is -2.24. The van der Waals surface area contributed by atoms with E-state index < -0.39 is 18.2 Å². The number of unbranched alkanes of at least 4 members (excludes halogenated alkanes) is 46. The van der Waals surface area contributed by atoms with Crippen molar-refractivity contribution in [3.63, 3.8) is 0 Å². The van der Waals surface area contributed by atoms with Gasteiger partial charge in [0.05, 0.1) is 25.2 Å². The Morgan fingerprint density at radius 1 is 0.394 bits per heavy atom.